The molecule has 1 amide bonds. The van der Waals surface area contributed by atoms with Crippen molar-refractivity contribution in [2.45, 2.75) is 25.7 Å². The van der Waals surface area contributed by atoms with Crippen molar-refractivity contribution in [2.24, 2.45) is 0 Å². The third-order valence-corrected chi connectivity index (χ3v) is 6.66. The maximum atomic E-state index is 12.9. The van der Waals surface area contributed by atoms with E-state index in [-0.39, 0.29) is 18.3 Å². The maximum absolute atomic E-state index is 12.9. The van der Waals surface area contributed by atoms with E-state index in [2.05, 4.69) is 5.32 Å². The number of carbonyl (C=O) groups excluding carboxylic acids is 2. The highest BCUT2D eigenvalue weighted by Crippen LogP contribution is 2.39. The van der Waals surface area contributed by atoms with Gasteiger partial charge in [0.25, 0.3) is 0 Å². The normalized spacial score (nSPS) is 13.0. The average Bonchev–Trinajstić information content (AvgIpc) is 3.42. The van der Waals surface area contributed by atoms with E-state index in [9.17, 15) is 9.59 Å². The van der Waals surface area contributed by atoms with Gasteiger partial charge in [0.1, 0.15) is 10.6 Å². The molecule has 0 atom stereocenters. The summed E-state index contributed by atoms with van der Waals surface area (Å²) in [6.45, 7) is 0. The van der Waals surface area contributed by atoms with Gasteiger partial charge in [-0.2, -0.15) is 0 Å². The van der Waals surface area contributed by atoms with Gasteiger partial charge in [-0.3, -0.25) is 4.79 Å². The van der Waals surface area contributed by atoms with Gasteiger partial charge >= 0.3 is 5.97 Å². The third-order valence-electron chi connectivity index (χ3n) is 5.45. The number of thiophene rings is 1. The molecule has 0 unspecified atom stereocenters. The van der Waals surface area contributed by atoms with Crippen LogP contribution in [0.2, 0.25) is 0 Å². The van der Waals surface area contributed by atoms with E-state index in [1.54, 1.807) is 6.26 Å². The van der Waals surface area contributed by atoms with E-state index >= 15 is 0 Å². The number of methoxy groups -OCH3 is 1. The maximum Gasteiger partial charge on any atom is 0.341 e. The first kappa shape index (κ1) is 17.9. The van der Waals surface area contributed by atoms with Crippen LogP contribution in [0.3, 0.4) is 0 Å². The van der Waals surface area contributed by atoms with E-state index in [4.69, 9.17) is 9.15 Å². The minimum atomic E-state index is -0.389. The Bertz CT molecular complexity index is 1270. The molecule has 1 aliphatic carbocycles. The van der Waals surface area contributed by atoms with Crippen molar-refractivity contribution in [3.8, 4) is 0 Å². The van der Waals surface area contributed by atoms with Gasteiger partial charge in [-0.15, -0.1) is 11.3 Å². The molecule has 29 heavy (non-hydrogen) atoms. The smallest absolute Gasteiger partial charge is 0.341 e. The van der Waals surface area contributed by atoms with Crippen molar-refractivity contribution in [2.75, 3.05) is 12.4 Å². The van der Waals surface area contributed by atoms with Crippen LogP contribution in [-0.4, -0.2) is 19.0 Å². The Labute approximate surface area is 171 Å². The zero-order chi connectivity index (χ0) is 20.0. The van der Waals surface area contributed by atoms with E-state index in [0.717, 1.165) is 52.1 Å². The lowest BCUT2D eigenvalue weighted by Crippen LogP contribution is -2.16. The summed E-state index contributed by atoms with van der Waals surface area (Å²) < 4.78 is 10.6. The predicted octanol–water partition coefficient (Wildman–Crippen LogP) is 5.10. The van der Waals surface area contributed by atoms with Crippen LogP contribution in [0.15, 0.2) is 47.1 Å². The fraction of sp³-hybridized carbons (Fsp3) is 0.217. The molecule has 1 N–H and O–H groups in total. The van der Waals surface area contributed by atoms with Crippen LogP contribution in [0.1, 0.15) is 32.8 Å². The van der Waals surface area contributed by atoms with Crippen molar-refractivity contribution in [3.63, 3.8) is 0 Å². The molecule has 0 bridgehead atoms. The molecule has 1 aliphatic rings. The van der Waals surface area contributed by atoms with Crippen LogP contribution in [0.4, 0.5) is 5.00 Å². The van der Waals surface area contributed by atoms with Crippen LogP contribution in [0, 0.1) is 0 Å². The molecule has 4 aromatic rings. The molecule has 5 nitrogen and oxygen atoms in total. The zero-order valence-corrected chi connectivity index (χ0v) is 16.7. The van der Waals surface area contributed by atoms with Gasteiger partial charge in [-0.1, -0.05) is 30.3 Å². The van der Waals surface area contributed by atoms with Gasteiger partial charge in [-0.05, 0) is 41.7 Å². The monoisotopic (exact) mass is 405 g/mol. The topological polar surface area (TPSA) is 68.5 Å². The molecule has 146 valence electrons. The summed E-state index contributed by atoms with van der Waals surface area (Å²) in [5.74, 6) is -0.565. The van der Waals surface area contributed by atoms with Crippen LogP contribution in [0.5, 0.6) is 0 Å². The number of fused-ring (bicyclic) bond motifs is 4. The number of anilines is 1. The Kier molecular flexibility index (Phi) is 4.36. The fourth-order valence-corrected chi connectivity index (χ4v) is 5.45. The lowest BCUT2D eigenvalue weighted by Gasteiger charge is -2.07. The fourth-order valence-electron chi connectivity index (χ4n) is 4.16. The molecular formula is C23H19NO4S. The van der Waals surface area contributed by atoms with E-state index < -0.39 is 0 Å². The van der Waals surface area contributed by atoms with E-state index in [1.807, 2.05) is 36.4 Å². The average molecular weight is 405 g/mol. The highest BCUT2D eigenvalue weighted by Gasteiger charge is 2.28. The third kappa shape index (κ3) is 3.00. The van der Waals surface area contributed by atoms with Crippen LogP contribution >= 0.6 is 11.3 Å². The second-order valence-corrected chi connectivity index (χ2v) is 8.30. The minimum absolute atomic E-state index is 0.171. The standard InChI is InChI=1S/C23H19NO4S/c1-27-23(26)21-16-7-4-8-18(16)29-22(21)24-19(25)11-14-12-28-17-10-9-13-5-2-3-6-15(13)20(14)17/h2-3,5-6,9-10,12H,4,7-8,11H2,1H3,(H,24,25). The first-order valence-corrected chi connectivity index (χ1v) is 10.4. The Hall–Kier alpha value is -3.12. The number of aryl methyl sites for hydroxylation is 1. The second kappa shape index (κ2) is 7.04. The zero-order valence-electron chi connectivity index (χ0n) is 15.9. The number of amides is 1. The van der Waals surface area contributed by atoms with Crippen LogP contribution in [0.25, 0.3) is 21.7 Å². The number of ether oxygens (including phenoxy) is 1. The van der Waals surface area contributed by atoms with E-state index in [0.29, 0.717) is 10.6 Å². The number of furan rings is 1. The Morgan fingerprint density at radius 2 is 2.03 bits per heavy atom. The molecule has 2 heterocycles. The highest BCUT2D eigenvalue weighted by molar-refractivity contribution is 7.17. The summed E-state index contributed by atoms with van der Waals surface area (Å²) in [6, 6.07) is 12.0. The molecule has 0 saturated heterocycles. The first-order valence-electron chi connectivity index (χ1n) is 9.56. The lowest BCUT2D eigenvalue weighted by atomic mass is 10.0. The molecule has 6 heteroatoms. The van der Waals surface area contributed by atoms with Crippen LogP contribution < -0.4 is 5.32 Å². The molecular weight excluding hydrogens is 386 g/mol. The van der Waals surface area contributed by atoms with E-state index in [1.165, 1.54) is 23.3 Å². The molecule has 5 rings (SSSR count). The van der Waals surface area contributed by atoms with Gasteiger partial charge in [0, 0.05) is 15.8 Å². The summed E-state index contributed by atoms with van der Waals surface area (Å²) in [4.78, 5) is 26.3. The van der Waals surface area contributed by atoms with Gasteiger partial charge in [0.2, 0.25) is 5.91 Å². The molecule has 2 aromatic heterocycles. The summed E-state index contributed by atoms with van der Waals surface area (Å²) in [5, 5.41) is 6.65. The molecule has 0 spiro atoms. The molecule has 0 radical (unpaired) electrons. The number of esters is 1. The minimum Gasteiger partial charge on any atom is -0.465 e. The van der Waals surface area contributed by atoms with Crippen molar-refractivity contribution >= 4 is 50.0 Å². The van der Waals surface area contributed by atoms with Crippen LogP contribution in [-0.2, 0) is 28.8 Å². The summed E-state index contributed by atoms with van der Waals surface area (Å²) >= 11 is 1.48. The highest BCUT2D eigenvalue weighted by atomic mass is 32.1. The largest absolute Gasteiger partial charge is 0.465 e. The van der Waals surface area contributed by atoms with Gasteiger partial charge in [0.05, 0.1) is 25.4 Å². The van der Waals surface area contributed by atoms with Crippen molar-refractivity contribution in [1.82, 2.24) is 0 Å². The lowest BCUT2D eigenvalue weighted by molar-refractivity contribution is -0.115. The molecule has 0 saturated carbocycles. The Morgan fingerprint density at radius 3 is 2.90 bits per heavy atom. The van der Waals surface area contributed by atoms with Gasteiger partial charge in [0.15, 0.2) is 0 Å². The summed E-state index contributed by atoms with van der Waals surface area (Å²) in [6.07, 6.45) is 4.65. The first-order chi connectivity index (χ1) is 14.2. The molecule has 2 aromatic carbocycles. The summed E-state index contributed by atoms with van der Waals surface area (Å²) in [7, 11) is 1.37. The SMILES string of the molecule is COC(=O)c1c(NC(=O)Cc2coc3ccc4ccccc4c23)sc2c1CCC2. The number of hydrogen-bond acceptors (Lipinski definition) is 5. The van der Waals surface area contributed by atoms with Crippen molar-refractivity contribution in [3.05, 3.63) is 64.2 Å². The molecule has 0 aliphatic heterocycles. The van der Waals surface area contributed by atoms with Crippen molar-refractivity contribution in [1.29, 1.82) is 0 Å². The Balaban J connectivity index is 1.47. The van der Waals surface area contributed by atoms with Crippen molar-refractivity contribution < 1.29 is 18.7 Å². The number of hydrogen-bond donors (Lipinski definition) is 1. The number of rotatable bonds is 4. The Morgan fingerprint density at radius 1 is 1.17 bits per heavy atom. The van der Waals surface area contributed by atoms with Gasteiger partial charge in [-0.25, -0.2) is 4.79 Å². The second-order valence-electron chi connectivity index (χ2n) is 7.20. The summed E-state index contributed by atoms with van der Waals surface area (Å²) in [5.41, 5.74) is 3.13. The molecule has 0 fully saturated rings. The number of benzene rings is 2. The number of carbonyl (C=O) groups is 2. The number of nitrogens with one attached hydrogen (secondary N) is 1. The van der Waals surface area contributed by atoms with Gasteiger partial charge < -0.3 is 14.5 Å². The quantitative estimate of drug-likeness (QED) is 0.480. The predicted molar refractivity (Wildman–Crippen MR) is 114 cm³/mol.